The van der Waals surface area contributed by atoms with E-state index in [0.717, 1.165) is 11.8 Å². The van der Waals surface area contributed by atoms with Crippen molar-refractivity contribution in [2.45, 2.75) is 31.9 Å². The molecule has 1 aromatic heterocycles. The number of para-hydroxylation sites is 1. The van der Waals surface area contributed by atoms with Crippen LogP contribution in [0, 0.1) is 12.7 Å². The number of carboxylic acids is 2. The molecule has 1 aliphatic rings. The summed E-state index contributed by atoms with van der Waals surface area (Å²) in [6, 6.07) is 20.5. The van der Waals surface area contributed by atoms with E-state index in [0.29, 0.717) is 31.7 Å². The molecular weight excluding hydrogens is 595 g/mol. The minimum Gasteiger partial charge on any atom is -0.481 e. The molecule has 2 atom stereocenters. The number of carbonyl (C=O) groups is 4. The first kappa shape index (κ1) is 31.9. The first-order chi connectivity index (χ1) is 22.1. The third-order valence-electron chi connectivity index (χ3n) is 7.82. The lowest BCUT2D eigenvalue weighted by Crippen LogP contribution is -2.55. The maximum atomic E-state index is 14.6. The average molecular weight is 629 g/mol. The van der Waals surface area contributed by atoms with Crippen LogP contribution in [0.1, 0.15) is 40.6 Å². The summed E-state index contributed by atoms with van der Waals surface area (Å²) in [7, 11) is 0. The zero-order chi connectivity index (χ0) is 32.8. The van der Waals surface area contributed by atoms with E-state index in [9.17, 15) is 33.8 Å². The van der Waals surface area contributed by atoms with Crippen molar-refractivity contribution in [1.82, 2.24) is 15.2 Å². The molecule has 0 aliphatic carbocycles. The maximum Gasteiger partial charge on any atom is 0.349 e. The topological polar surface area (TPSA) is 149 Å². The van der Waals surface area contributed by atoms with E-state index >= 15 is 0 Å². The van der Waals surface area contributed by atoms with Gasteiger partial charge in [0.15, 0.2) is 0 Å². The third kappa shape index (κ3) is 7.40. The summed E-state index contributed by atoms with van der Waals surface area (Å²) in [6.45, 7) is 3.39. The summed E-state index contributed by atoms with van der Waals surface area (Å²) in [5, 5.41) is 22.1. The summed E-state index contributed by atoms with van der Waals surface area (Å²) in [4.78, 5) is 59.0. The molecule has 5 rings (SSSR count). The fourth-order valence-corrected chi connectivity index (χ4v) is 5.35. The van der Waals surface area contributed by atoms with Crippen molar-refractivity contribution in [3.05, 3.63) is 102 Å². The van der Waals surface area contributed by atoms with Gasteiger partial charge in [0, 0.05) is 55.3 Å². The zero-order valence-corrected chi connectivity index (χ0v) is 25.1. The van der Waals surface area contributed by atoms with E-state index in [1.54, 1.807) is 35.2 Å². The smallest absolute Gasteiger partial charge is 0.349 e. The summed E-state index contributed by atoms with van der Waals surface area (Å²) in [6.07, 6.45) is -2.00. The molecule has 3 aromatic carbocycles. The average Bonchev–Trinajstić information content (AvgIpc) is 3.06. The number of pyridine rings is 1. The molecule has 3 N–H and O–H groups in total. The van der Waals surface area contributed by atoms with Crippen molar-refractivity contribution >= 4 is 40.3 Å². The van der Waals surface area contributed by atoms with Gasteiger partial charge in [-0.1, -0.05) is 48.5 Å². The van der Waals surface area contributed by atoms with Crippen LogP contribution in [-0.2, 0) is 14.4 Å². The van der Waals surface area contributed by atoms with Crippen LogP contribution in [0.2, 0.25) is 0 Å². The van der Waals surface area contributed by atoms with Gasteiger partial charge in [-0.05, 0) is 43.2 Å². The number of amides is 2. The van der Waals surface area contributed by atoms with E-state index < -0.39 is 41.7 Å². The standard InChI is InChI=1S/C34H33FN4O7/c1-21-18-27-24(19-25(21)35)29(46-31(34(44)45)22-8-4-2-5-9-22)20-28(36-27)32(42)37-26(12-13-30(40)41)33(43)39-16-14-38(15-17-39)23-10-6-3-7-11-23/h2-11,18-20,26,31H,12-17H2,1H3,(H,37,42)(H,40,41)(H,44,45)/t26-,31?/m0/s1. The SMILES string of the molecule is Cc1cc2nc(C(=O)N[C@@H](CCC(=O)O)C(=O)N3CCN(c4ccccc4)CC3)cc(OC(C(=O)O)c3ccccc3)c2cc1F. The number of nitrogens with one attached hydrogen (secondary N) is 1. The van der Waals surface area contributed by atoms with Crippen molar-refractivity contribution in [2.75, 3.05) is 31.1 Å². The molecule has 4 aromatic rings. The van der Waals surface area contributed by atoms with Crippen molar-refractivity contribution in [1.29, 1.82) is 0 Å². The van der Waals surface area contributed by atoms with Gasteiger partial charge in [-0.3, -0.25) is 14.4 Å². The van der Waals surface area contributed by atoms with E-state index in [1.807, 2.05) is 30.3 Å². The second-order valence-corrected chi connectivity index (χ2v) is 11.0. The van der Waals surface area contributed by atoms with E-state index in [4.69, 9.17) is 4.74 Å². The minimum atomic E-state index is -1.48. The van der Waals surface area contributed by atoms with E-state index in [1.165, 1.54) is 19.1 Å². The molecule has 0 saturated carbocycles. The first-order valence-electron chi connectivity index (χ1n) is 14.8. The fourth-order valence-electron chi connectivity index (χ4n) is 5.35. The lowest BCUT2D eigenvalue weighted by atomic mass is 10.1. The van der Waals surface area contributed by atoms with Gasteiger partial charge in [0.25, 0.3) is 5.91 Å². The molecule has 0 radical (unpaired) electrons. The maximum absolute atomic E-state index is 14.6. The Bertz CT molecular complexity index is 1750. The summed E-state index contributed by atoms with van der Waals surface area (Å²) < 4.78 is 20.5. The molecule has 46 heavy (non-hydrogen) atoms. The van der Waals surface area contributed by atoms with Crippen LogP contribution in [0.15, 0.2) is 78.9 Å². The molecule has 1 unspecified atom stereocenters. The zero-order valence-electron chi connectivity index (χ0n) is 25.1. The Hall–Kier alpha value is -5.52. The molecule has 0 bridgehead atoms. The number of piperazine rings is 1. The Balaban J connectivity index is 1.41. The van der Waals surface area contributed by atoms with Crippen molar-refractivity contribution in [3.63, 3.8) is 0 Å². The van der Waals surface area contributed by atoms with Crippen LogP contribution in [0.3, 0.4) is 0 Å². The Labute approximate surface area is 264 Å². The highest BCUT2D eigenvalue weighted by atomic mass is 19.1. The largest absolute Gasteiger partial charge is 0.481 e. The van der Waals surface area contributed by atoms with Crippen LogP contribution in [0.4, 0.5) is 10.1 Å². The number of nitrogens with zero attached hydrogens (tertiary/aromatic N) is 3. The number of carboxylic acid groups (broad SMARTS) is 2. The predicted molar refractivity (Wildman–Crippen MR) is 167 cm³/mol. The highest BCUT2D eigenvalue weighted by Crippen LogP contribution is 2.32. The second-order valence-electron chi connectivity index (χ2n) is 11.0. The fraction of sp³-hybridized carbons (Fsp3) is 0.265. The normalized spacial score (nSPS) is 14.4. The number of fused-ring (bicyclic) bond motifs is 1. The molecule has 1 aliphatic heterocycles. The number of aromatic nitrogens is 1. The third-order valence-corrected chi connectivity index (χ3v) is 7.82. The number of aryl methyl sites for hydroxylation is 1. The molecule has 0 spiro atoms. The minimum absolute atomic E-state index is 0.101. The van der Waals surface area contributed by atoms with E-state index in [2.05, 4.69) is 15.2 Å². The number of anilines is 1. The number of hydrogen-bond acceptors (Lipinski definition) is 7. The predicted octanol–water partition coefficient (Wildman–Crippen LogP) is 4.20. The number of hydrogen-bond donors (Lipinski definition) is 3. The van der Waals surface area contributed by atoms with Crippen LogP contribution in [0.5, 0.6) is 5.75 Å². The Morgan fingerprint density at radius 1 is 0.935 bits per heavy atom. The molecule has 238 valence electrons. The van der Waals surface area contributed by atoms with Gasteiger partial charge in [-0.2, -0.15) is 0 Å². The number of rotatable bonds is 11. The number of carbonyl (C=O) groups excluding carboxylic acids is 2. The van der Waals surface area contributed by atoms with Gasteiger partial charge >= 0.3 is 11.9 Å². The molecule has 1 saturated heterocycles. The van der Waals surface area contributed by atoms with Gasteiger partial charge in [-0.15, -0.1) is 0 Å². The first-order valence-corrected chi connectivity index (χ1v) is 14.8. The van der Waals surface area contributed by atoms with Gasteiger partial charge in [-0.25, -0.2) is 14.2 Å². The molecular formula is C34H33FN4O7. The lowest BCUT2D eigenvalue weighted by molar-refractivity contribution is -0.145. The van der Waals surface area contributed by atoms with Gasteiger partial charge < -0.3 is 30.1 Å². The monoisotopic (exact) mass is 628 g/mol. The number of halogens is 1. The number of ether oxygens (including phenoxy) is 1. The van der Waals surface area contributed by atoms with Crippen LogP contribution < -0.4 is 15.0 Å². The van der Waals surface area contributed by atoms with Crippen molar-refractivity contribution in [3.8, 4) is 5.75 Å². The van der Waals surface area contributed by atoms with Crippen LogP contribution in [0.25, 0.3) is 10.9 Å². The summed E-state index contributed by atoms with van der Waals surface area (Å²) in [5.41, 5.74) is 1.55. The number of benzene rings is 3. The lowest BCUT2D eigenvalue weighted by Gasteiger charge is -2.37. The highest BCUT2D eigenvalue weighted by molar-refractivity contribution is 5.99. The second kappa shape index (κ2) is 14.1. The van der Waals surface area contributed by atoms with Gasteiger partial charge in [0.05, 0.1) is 5.52 Å². The summed E-state index contributed by atoms with van der Waals surface area (Å²) in [5.74, 6) is -4.33. The quantitative estimate of drug-likeness (QED) is 0.222. The molecule has 1 fully saturated rings. The van der Waals surface area contributed by atoms with Gasteiger partial charge in [0.1, 0.15) is 23.3 Å². The Kier molecular flexibility index (Phi) is 9.75. The Morgan fingerprint density at radius 3 is 2.22 bits per heavy atom. The molecule has 12 heteroatoms. The number of aliphatic carboxylic acids is 2. The molecule has 2 amide bonds. The molecule has 2 heterocycles. The molecule has 11 nitrogen and oxygen atoms in total. The van der Waals surface area contributed by atoms with Crippen LogP contribution >= 0.6 is 0 Å². The Morgan fingerprint density at radius 2 is 1.59 bits per heavy atom. The van der Waals surface area contributed by atoms with Crippen molar-refractivity contribution in [2.24, 2.45) is 0 Å². The van der Waals surface area contributed by atoms with Crippen LogP contribution in [-0.4, -0.2) is 76.1 Å². The summed E-state index contributed by atoms with van der Waals surface area (Å²) >= 11 is 0. The van der Waals surface area contributed by atoms with Gasteiger partial charge in [0.2, 0.25) is 12.0 Å². The van der Waals surface area contributed by atoms with Crippen molar-refractivity contribution < 1.29 is 38.5 Å². The highest BCUT2D eigenvalue weighted by Gasteiger charge is 2.31. The van der Waals surface area contributed by atoms with E-state index in [-0.39, 0.29) is 40.8 Å².